The minimum Gasteiger partial charge on any atom is -0.496 e. The summed E-state index contributed by atoms with van der Waals surface area (Å²) in [4.78, 5) is 12.3. The minimum absolute atomic E-state index is 0.741. The molecule has 0 saturated heterocycles. The van der Waals surface area contributed by atoms with E-state index >= 15 is 0 Å². The Balaban J connectivity index is 1.91. The van der Waals surface area contributed by atoms with Crippen LogP contribution in [0.3, 0.4) is 0 Å². The average Bonchev–Trinajstić information content (AvgIpc) is 3.02. The zero-order chi connectivity index (χ0) is 16.7. The molecule has 24 heavy (non-hydrogen) atoms. The Morgan fingerprint density at radius 3 is 2.88 bits per heavy atom. The molecule has 0 aliphatic carbocycles. The monoisotopic (exact) mass is 357 g/mol. The van der Waals surface area contributed by atoms with Crippen LogP contribution in [0.5, 0.6) is 5.75 Å². The smallest absolute Gasteiger partial charge is 0.144 e. The summed E-state index contributed by atoms with van der Waals surface area (Å²) < 4.78 is 5.47. The number of fused-ring (bicyclic) bond motifs is 2. The average molecular weight is 358 g/mol. The number of hydrogen-bond acceptors (Lipinski definition) is 5. The molecule has 4 rings (SSSR count). The lowest BCUT2D eigenvalue weighted by atomic mass is 10.1. The molecule has 0 saturated carbocycles. The molecule has 0 spiro atoms. The highest BCUT2D eigenvalue weighted by Gasteiger charge is 2.24. The fourth-order valence-electron chi connectivity index (χ4n) is 3.16. The molecule has 0 amide bonds. The highest BCUT2D eigenvalue weighted by molar-refractivity contribution is 7.98. The van der Waals surface area contributed by atoms with E-state index in [1.54, 1.807) is 25.2 Å². The maximum Gasteiger partial charge on any atom is 0.144 e. The van der Waals surface area contributed by atoms with E-state index in [1.807, 2.05) is 24.5 Å². The summed E-state index contributed by atoms with van der Waals surface area (Å²) in [6.45, 7) is 0.891. The third-order valence-corrected chi connectivity index (χ3v) is 5.31. The molecule has 1 aromatic heterocycles. The first-order chi connectivity index (χ1) is 11.7. The van der Waals surface area contributed by atoms with Crippen LogP contribution in [0.25, 0.3) is 10.9 Å². The van der Waals surface area contributed by atoms with E-state index < -0.39 is 0 Å². The van der Waals surface area contributed by atoms with Gasteiger partial charge in [-0.2, -0.15) is 0 Å². The molecule has 3 aromatic rings. The molecule has 2 heterocycles. The van der Waals surface area contributed by atoms with E-state index in [2.05, 4.69) is 27.0 Å². The van der Waals surface area contributed by atoms with Gasteiger partial charge in [0.05, 0.1) is 12.6 Å². The quantitative estimate of drug-likeness (QED) is 0.635. The van der Waals surface area contributed by atoms with Crippen LogP contribution in [0, 0.1) is 0 Å². The lowest BCUT2D eigenvalue weighted by Crippen LogP contribution is -2.15. The summed E-state index contributed by atoms with van der Waals surface area (Å²) in [6.07, 6.45) is 4.64. The van der Waals surface area contributed by atoms with Gasteiger partial charge in [0.25, 0.3) is 0 Å². The van der Waals surface area contributed by atoms with Gasteiger partial charge in [-0.15, -0.1) is 11.8 Å². The Hall–Kier alpha value is -1.98. The first-order valence-corrected chi connectivity index (χ1v) is 9.24. The molecular weight excluding hydrogens is 342 g/mol. The topological polar surface area (TPSA) is 38.3 Å². The van der Waals surface area contributed by atoms with Crippen molar-refractivity contribution in [2.75, 3.05) is 24.8 Å². The van der Waals surface area contributed by atoms with Crippen molar-refractivity contribution in [3.05, 3.63) is 47.2 Å². The van der Waals surface area contributed by atoms with Gasteiger partial charge in [-0.05, 0) is 36.4 Å². The number of methoxy groups -OCH3 is 1. The standard InChI is InChI=1S/C18H16ClN3OS/c1-23-16-9-14-13(8-17(16)24-2)18(21-10-20-14)22-6-5-11-3-4-12(19)7-15(11)22/h3-4,7-10H,5-6H2,1-2H3. The molecule has 1 aliphatic rings. The van der Waals surface area contributed by atoms with Gasteiger partial charge >= 0.3 is 0 Å². The van der Waals surface area contributed by atoms with Gasteiger partial charge in [-0.3, -0.25) is 0 Å². The summed E-state index contributed by atoms with van der Waals surface area (Å²) in [6, 6.07) is 10.1. The van der Waals surface area contributed by atoms with Crippen molar-refractivity contribution < 1.29 is 4.74 Å². The molecule has 4 nitrogen and oxygen atoms in total. The minimum atomic E-state index is 0.741. The van der Waals surface area contributed by atoms with Crippen LogP contribution in [-0.2, 0) is 6.42 Å². The first kappa shape index (κ1) is 15.5. The van der Waals surface area contributed by atoms with E-state index in [0.717, 1.165) is 51.0 Å². The van der Waals surface area contributed by atoms with Crippen molar-refractivity contribution in [1.82, 2.24) is 9.97 Å². The van der Waals surface area contributed by atoms with Crippen LogP contribution in [0.1, 0.15) is 5.56 Å². The summed E-state index contributed by atoms with van der Waals surface area (Å²) in [7, 11) is 1.68. The predicted octanol–water partition coefficient (Wildman–Crippen LogP) is 4.71. The van der Waals surface area contributed by atoms with Crippen LogP contribution < -0.4 is 9.64 Å². The number of aromatic nitrogens is 2. The molecule has 0 fully saturated rings. The lowest BCUT2D eigenvalue weighted by Gasteiger charge is -2.20. The highest BCUT2D eigenvalue weighted by Crippen LogP contribution is 2.40. The van der Waals surface area contributed by atoms with E-state index in [-0.39, 0.29) is 0 Å². The Morgan fingerprint density at radius 1 is 1.21 bits per heavy atom. The molecule has 6 heteroatoms. The zero-order valence-corrected chi connectivity index (χ0v) is 15.0. The number of hydrogen-bond donors (Lipinski definition) is 0. The molecular formula is C18H16ClN3OS. The van der Waals surface area contributed by atoms with Gasteiger partial charge in [-0.1, -0.05) is 17.7 Å². The van der Waals surface area contributed by atoms with Crippen LogP contribution in [0.4, 0.5) is 11.5 Å². The molecule has 122 valence electrons. The van der Waals surface area contributed by atoms with E-state index in [0.29, 0.717) is 0 Å². The molecule has 0 radical (unpaired) electrons. The van der Waals surface area contributed by atoms with Crippen molar-refractivity contribution in [2.45, 2.75) is 11.3 Å². The summed E-state index contributed by atoms with van der Waals surface area (Å²) >= 11 is 7.86. The van der Waals surface area contributed by atoms with Crippen molar-refractivity contribution in [3.8, 4) is 5.75 Å². The van der Waals surface area contributed by atoms with Crippen LogP contribution in [0.15, 0.2) is 41.6 Å². The molecule has 2 aromatic carbocycles. The molecule has 1 aliphatic heterocycles. The van der Waals surface area contributed by atoms with Gasteiger partial charge in [0.1, 0.15) is 17.9 Å². The largest absolute Gasteiger partial charge is 0.496 e. The summed E-state index contributed by atoms with van der Waals surface area (Å²) in [5, 5.41) is 1.76. The predicted molar refractivity (Wildman–Crippen MR) is 100 cm³/mol. The SMILES string of the molecule is COc1cc2ncnc(N3CCc4ccc(Cl)cc43)c2cc1SC. The second-order valence-corrected chi connectivity index (χ2v) is 6.88. The molecule has 0 atom stereocenters. The second kappa shape index (κ2) is 6.15. The van der Waals surface area contributed by atoms with Crippen LogP contribution in [0.2, 0.25) is 5.02 Å². The summed E-state index contributed by atoms with van der Waals surface area (Å²) in [5.74, 6) is 1.75. The summed E-state index contributed by atoms with van der Waals surface area (Å²) in [5.41, 5.74) is 3.30. The Morgan fingerprint density at radius 2 is 2.08 bits per heavy atom. The van der Waals surface area contributed by atoms with E-state index in [4.69, 9.17) is 16.3 Å². The van der Waals surface area contributed by atoms with Crippen molar-refractivity contribution in [2.24, 2.45) is 0 Å². The Labute approximate surface area is 149 Å². The number of thioether (sulfide) groups is 1. The van der Waals surface area contributed by atoms with Gasteiger partial charge in [0, 0.05) is 33.6 Å². The fraction of sp³-hybridized carbons (Fsp3) is 0.222. The van der Waals surface area contributed by atoms with E-state index in [1.165, 1.54) is 5.56 Å². The number of rotatable bonds is 3. The van der Waals surface area contributed by atoms with Gasteiger partial charge in [0.15, 0.2) is 0 Å². The number of nitrogens with zero attached hydrogens (tertiary/aromatic N) is 3. The number of ether oxygens (including phenoxy) is 1. The number of anilines is 2. The maximum atomic E-state index is 6.20. The fourth-order valence-corrected chi connectivity index (χ4v) is 3.90. The van der Waals surface area contributed by atoms with Gasteiger partial charge < -0.3 is 9.64 Å². The zero-order valence-electron chi connectivity index (χ0n) is 13.4. The van der Waals surface area contributed by atoms with Gasteiger partial charge in [0.2, 0.25) is 0 Å². The highest BCUT2D eigenvalue weighted by atomic mass is 35.5. The normalized spacial score (nSPS) is 13.4. The third kappa shape index (κ3) is 2.48. The second-order valence-electron chi connectivity index (χ2n) is 5.60. The van der Waals surface area contributed by atoms with Crippen molar-refractivity contribution in [1.29, 1.82) is 0 Å². The molecule has 0 bridgehead atoms. The number of benzene rings is 2. The molecule has 0 unspecified atom stereocenters. The first-order valence-electron chi connectivity index (χ1n) is 7.64. The molecule has 0 N–H and O–H groups in total. The Kier molecular flexibility index (Phi) is 3.98. The van der Waals surface area contributed by atoms with Gasteiger partial charge in [-0.25, -0.2) is 9.97 Å². The van der Waals surface area contributed by atoms with Crippen molar-refractivity contribution in [3.63, 3.8) is 0 Å². The maximum absolute atomic E-state index is 6.20. The third-order valence-electron chi connectivity index (χ3n) is 4.32. The van der Waals surface area contributed by atoms with E-state index in [9.17, 15) is 0 Å². The van der Waals surface area contributed by atoms with Crippen LogP contribution in [-0.4, -0.2) is 29.9 Å². The Bertz CT molecular complexity index is 932. The van der Waals surface area contributed by atoms with Crippen molar-refractivity contribution >= 4 is 45.8 Å². The number of halogens is 1. The van der Waals surface area contributed by atoms with Crippen LogP contribution >= 0.6 is 23.4 Å². The lowest BCUT2D eigenvalue weighted by molar-refractivity contribution is 0.405.